The zero-order valence-electron chi connectivity index (χ0n) is 21.7. The molecule has 4 nitrogen and oxygen atoms in total. The summed E-state index contributed by atoms with van der Waals surface area (Å²) < 4.78 is 0. The maximum atomic E-state index is 10.6. The predicted octanol–water partition coefficient (Wildman–Crippen LogP) is 9.12. The van der Waals surface area contributed by atoms with Gasteiger partial charge in [0, 0.05) is 11.1 Å². The molecular weight excluding hydrogens is 412 g/mol. The predicted molar refractivity (Wildman–Crippen MR) is 142 cm³/mol. The molecule has 0 aliphatic heterocycles. The van der Waals surface area contributed by atoms with Crippen LogP contribution in [-0.4, -0.2) is 22.2 Å². The van der Waals surface area contributed by atoms with Crippen LogP contribution in [0, 0.1) is 5.92 Å². The lowest BCUT2D eigenvalue weighted by molar-refractivity contribution is -0.133. The van der Waals surface area contributed by atoms with Crippen LogP contribution in [0.4, 0.5) is 0 Å². The molecule has 0 radical (unpaired) electrons. The number of carboxylic acids is 2. The van der Waals surface area contributed by atoms with Crippen LogP contribution in [0.15, 0.2) is 37.0 Å². The Labute approximate surface area is 204 Å². The van der Waals surface area contributed by atoms with Crippen LogP contribution in [0.3, 0.4) is 0 Å². The van der Waals surface area contributed by atoms with E-state index in [1.807, 2.05) is 0 Å². The van der Waals surface area contributed by atoms with Crippen LogP contribution in [0.5, 0.6) is 0 Å². The molecule has 33 heavy (non-hydrogen) atoms. The third-order valence-corrected chi connectivity index (χ3v) is 5.77. The van der Waals surface area contributed by atoms with E-state index >= 15 is 0 Å². The highest BCUT2D eigenvalue weighted by atomic mass is 16.4. The fourth-order valence-electron chi connectivity index (χ4n) is 3.50. The molecule has 0 amide bonds. The molecular formula is C29H52O4. The van der Waals surface area contributed by atoms with E-state index < -0.39 is 11.9 Å². The van der Waals surface area contributed by atoms with Crippen molar-refractivity contribution >= 4 is 11.9 Å². The van der Waals surface area contributed by atoms with Crippen molar-refractivity contribution in [3.8, 4) is 0 Å². The monoisotopic (exact) mass is 464 g/mol. The number of carbonyl (C=O) groups is 2. The molecule has 0 aromatic rings. The minimum atomic E-state index is -0.920. The summed E-state index contributed by atoms with van der Waals surface area (Å²) in [5.74, 6) is -0.892. The highest BCUT2D eigenvalue weighted by Gasteiger charge is 2.02. The number of carboxylic acid groups (broad SMARTS) is 2. The highest BCUT2D eigenvalue weighted by molar-refractivity contribution is 5.86. The molecule has 192 valence electrons. The van der Waals surface area contributed by atoms with Crippen molar-refractivity contribution in [2.75, 3.05) is 0 Å². The molecule has 0 aliphatic carbocycles. The zero-order chi connectivity index (χ0) is 25.3. The first-order valence-corrected chi connectivity index (χ1v) is 13.1. The Hall–Kier alpha value is -1.84. The Morgan fingerprint density at radius 1 is 0.636 bits per heavy atom. The summed E-state index contributed by atoms with van der Waals surface area (Å²) in [6.07, 6.45) is 23.6. The maximum absolute atomic E-state index is 10.6. The fraction of sp³-hybridized carbons (Fsp3) is 0.724. The minimum absolute atomic E-state index is 0.245. The minimum Gasteiger partial charge on any atom is -0.478 e. The molecule has 0 heterocycles. The highest BCUT2D eigenvalue weighted by Crippen LogP contribution is 2.15. The first-order chi connectivity index (χ1) is 15.7. The van der Waals surface area contributed by atoms with E-state index in [1.54, 1.807) is 6.08 Å². The van der Waals surface area contributed by atoms with Gasteiger partial charge in [0.25, 0.3) is 0 Å². The van der Waals surface area contributed by atoms with Gasteiger partial charge in [0.05, 0.1) is 0 Å². The average molecular weight is 465 g/mol. The van der Waals surface area contributed by atoms with E-state index in [4.69, 9.17) is 10.2 Å². The van der Waals surface area contributed by atoms with Gasteiger partial charge in [-0.25, -0.2) is 9.59 Å². The zero-order valence-corrected chi connectivity index (χ0v) is 21.7. The van der Waals surface area contributed by atoms with Crippen molar-refractivity contribution in [1.29, 1.82) is 0 Å². The first-order valence-electron chi connectivity index (χ1n) is 13.1. The lowest BCUT2D eigenvalue weighted by Gasteiger charge is -2.05. The Balaban J connectivity index is 0. The normalized spacial score (nSPS) is 10.4. The number of aliphatic carboxylic acids is 2. The van der Waals surface area contributed by atoms with E-state index in [0.717, 1.165) is 18.8 Å². The molecule has 2 N–H and O–H groups in total. The Morgan fingerprint density at radius 2 is 0.970 bits per heavy atom. The van der Waals surface area contributed by atoms with E-state index in [2.05, 4.69) is 33.6 Å². The van der Waals surface area contributed by atoms with Gasteiger partial charge in [-0.05, 0) is 31.6 Å². The molecule has 0 bridgehead atoms. The summed E-state index contributed by atoms with van der Waals surface area (Å²) in [6, 6.07) is 0. The molecule has 4 heteroatoms. The van der Waals surface area contributed by atoms with Crippen LogP contribution >= 0.6 is 0 Å². The second kappa shape index (κ2) is 24.8. The number of unbranched alkanes of at least 4 members (excludes halogenated alkanes) is 13. The van der Waals surface area contributed by atoms with Crippen LogP contribution in [0.25, 0.3) is 0 Å². The molecule has 0 saturated heterocycles. The summed E-state index contributed by atoms with van der Waals surface area (Å²) in [7, 11) is 0. The van der Waals surface area contributed by atoms with Gasteiger partial charge in [0.15, 0.2) is 0 Å². The van der Waals surface area contributed by atoms with E-state index in [1.165, 1.54) is 83.5 Å². The summed E-state index contributed by atoms with van der Waals surface area (Å²) in [5.41, 5.74) is 0.602. The van der Waals surface area contributed by atoms with E-state index in [9.17, 15) is 9.59 Å². The van der Waals surface area contributed by atoms with Crippen molar-refractivity contribution < 1.29 is 19.8 Å². The Kier molecular flexibility index (Phi) is 25.0. The average Bonchev–Trinajstić information content (AvgIpc) is 2.76. The van der Waals surface area contributed by atoms with E-state index in [-0.39, 0.29) is 5.57 Å². The molecule has 0 aromatic carbocycles. The van der Waals surface area contributed by atoms with Gasteiger partial charge in [0.2, 0.25) is 0 Å². The van der Waals surface area contributed by atoms with Gasteiger partial charge in [-0.1, -0.05) is 123 Å². The van der Waals surface area contributed by atoms with Crippen molar-refractivity contribution in [2.45, 2.75) is 129 Å². The lowest BCUT2D eigenvalue weighted by atomic mass is 10.0. The van der Waals surface area contributed by atoms with Crippen molar-refractivity contribution in [3.63, 3.8) is 0 Å². The lowest BCUT2D eigenvalue weighted by Crippen LogP contribution is -1.98. The van der Waals surface area contributed by atoms with Crippen molar-refractivity contribution in [2.24, 2.45) is 5.92 Å². The molecule has 0 fully saturated rings. The second-order valence-electron chi connectivity index (χ2n) is 9.53. The Bertz CT molecular complexity index is 534. The summed E-state index contributed by atoms with van der Waals surface area (Å²) in [6.45, 7) is 15.0. The summed E-state index contributed by atoms with van der Waals surface area (Å²) in [4.78, 5) is 20.7. The van der Waals surface area contributed by atoms with Gasteiger partial charge in [-0.15, -0.1) is 6.58 Å². The molecule has 0 unspecified atom stereocenters. The molecule has 0 aromatic heterocycles. The standard InChI is InChI=1S/C22H42O2.C7H10O2/c1-20(2)18-16-14-12-10-8-6-4-5-7-9-11-13-15-17-19-21(3)22(23)24;1-3-4-5-6(2)7(8)9/h20H,3-19H2,1-2H3,(H,23,24);3H,1-2,4-5H2,(H,8,9). The van der Waals surface area contributed by atoms with Gasteiger partial charge in [-0.3, -0.25) is 0 Å². The topological polar surface area (TPSA) is 74.6 Å². The number of allylic oxidation sites excluding steroid dienone is 1. The van der Waals surface area contributed by atoms with Gasteiger partial charge < -0.3 is 10.2 Å². The number of hydrogen-bond acceptors (Lipinski definition) is 2. The van der Waals surface area contributed by atoms with Crippen LogP contribution < -0.4 is 0 Å². The fourth-order valence-corrected chi connectivity index (χ4v) is 3.50. The maximum Gasteiger partial charge on any atom is 0.330 e. The molecule has 0 atom stereocenters. The van der Waals surface area contributed by atoms with E-state index in [0.29, 0.717) is 24.8 Å². The smallest absolute Gasteiger partial charge is 0.330 e. The van der Waals surface area contributed by atoms with Gasteiger partial charge in [-0.2, -0.15) is 0 Å². The van der Waals surface area contributed by atoms with Crippen molar-refractivity contribution in [1.82, 2.24) is 0 Å². The summed E-state index contributed by atoms with van der Waals surface area (Å²) in [5, 5.41) is 17.0. The van der Waals surface area contributed by atoms with Gasteiger partial charge >= 0.3 is 11.9 Å². The van der Waals surface area contributed by atoms with Crippen LogP contribution in [-0.2, 0) is 9.59 Å². The molecule has 0 rings (SSSR count). The number of rotatable bonds is 22. The summed E-state index contributed by atoms with van der Waals surface area (Å²) >= 11 is 0. The molecule has 0 saturated carbocycles. The number of hydrogen-bond donors (Lipinski definition) is 2. The Morgan fingerprint density at radius 3 is 1.30 bits per heavy atom. The third kappa shape index (κ3) is 28.1. The molecule has 0 aliphatic rings. The van der Waals surface area contributed by atoms with Crippen LogP contribution in [0.2, 0.25) is 0 Å². The second-order valence-corrected chi connectivity index (χ2v) is 9.53. The third-order valence-electron chi connectivity index (χ3n) is 5.77. The SMILES string of the molecule is C=C(CCCCCCCCCCCCCCCCC(C)C)C(=O)O.C=CCCC(=C)C(=O)O. The van der Waals surface area contributed by atoms with Crippen LogP contribution in [0.1, 0.15) is 129 Å². The largest absolute Gasteiger partial charge is 0.478 e. The van der Waals surface area contributed by atoms with Gasteiger partial charge in [0.1, 0.15) is 0 Å². The van der Waals surface area contributed by atoms with Crippen molar-refractivity contribution in [3.05, 3.63) is 37.0 Å². The first kappa shape index (κ1) is 33.3. The molecule has 0 spiro atoms. The quantitative estimate of drug-likeness (QED) is 0.0951.